The fourth-order valence-electron chi connectivity index (χ4n) is 4.01. The number of anilines is 1. The van der Waals surface area contributed by atoms with E-state index in [0.29, 0.717) is 31.9 Å². The number of aromatic nitrogens is 1. The molecule has 1 aliphatic rings. The Kier molecular flexibility index (Phi) is 7.14. The highest BCUT2D eigenvalue weighted by molar-refractivity contribution is 5.92. The maximum atomic E-state index is 13.2. The van der Waals surface area contributed by atoms with Gasteiger partial charge in [0.25, 0.3) is 0 Å². The summed E-state index contributed by atoms with van der Waals surface area (Å²) in [5.74, 6) is -0.530. The van der Waals surface area contributed by atoms with Gasteiger partial charge in [-0.3, -0.25) is 19.4 Å². The molecule has 8 heteroatoms. The van der Waals surface area contributed by atoms with Crippen molar-refractivity contribution in [3.63, 3.8) is 0 Å². The third-order valence-electron chi connectivity index (χ3n) is 5.70. The molecule has 1 saturated heterocycles. The summed E-state index contributed by atoms with van der Waals surface area (Å²) in [7, 11) is 0. The van der Waals surface area contributed by atoms with Gasteiger partial charge in [0.2, 0.25) is 11.8 Å². The number of nitrogens with zero attached hydrogens (tertiary/aromatic N) is 2. The zero-order valence-electron chi connectivity index (χ0n) is 17.9. The minimum atomic E-state index is -0.379. The molecule has 2 amide bonds. The van der Waals surface area contributed by atoms with Crippen LogP contribution < -0.4 is 10.6 Å². The number of aromatic amines is 1. The van der Waals surface area contributed by atoms with E-state index >= 15 is 0 Å². The van der Waals surface area contributed by atoms with E-state index in [-0.39, 0.29) is 24.2 Å². The van der Waals surface area contributed by atoms with Gasteiger partial charge in [-0.2, -0.15) is 0 Å². The van der Waals surface area contributed by atoms with E-state index in [2.05, 4.69) is 26.6 Å². The van der Waals surface area contributed by atoms with Gasteiger partial charge in [-0.1, -0.05) is 24.3 Å². The maximum absolute atomic E-state index is 13.2. The van der Waals surface area contributed by atoms with E-state index in [4.69, 9.17) is 0 Å². The number of fused-ring (bicyclic) bond motifs is 1. The molecule has 3 aromatic rings. The molecule has 168 valence electrons. The number of nitrogens with one attached hydrogen (secondary N) is 3. The van der Waals surface area contributed by atoms with E-state index in [1.807, 2.05) is 29.3 Å². The Bertz CT molecular complexity index is 1070. The Morgan fingerprint density at radius 3 is 2.41 bits per heavy atom. The minimum Gasteiger partial charge on any atom is -0.361 e. The lowest BCUT2D eigenvalue weighted by molar-refractivity contribution is -0.123. The minimum absolute atomic E-state index is 0.0159. The van der Waals surface area contributed by atoms with Crippen molar-refractivity contribution in [3.05, 3.63) is 66.1 Å². The fourth-order valence-corrected chi connectivity index (χ4v) is 4.01. The van der Waals surface area contributed by atoms with Crippen molar-refractivity contribution in [2.45, 2.75) is 6.42 Å². The van der Waals surface area contributed by atoms with E-state index in [9.17, 15) is 14.0 Å². The molecule has 3 N–H and O–H groups in total. The number of hydrogen-bond donors (Lipinski definition) is 3. The monoisotopic (exact) mass is 437 g/mol. The topological polar surface area (TPSA) is 80.5 Å². The summed E-state index contributed by atoms with van der Waals surface area (Å²) in [5, 5.41) is 6.92. The molecule has 2 aromatic carbocycles. The van der Waals surface area contributed by atoms with Gasteiger partial charge in [-0.15, -0.1) is 0 Å². The van der Waals surface area contributed by atoms with Crippen LogP contribution in [0.15, 0.2) is 54.7 Å². The van der Waals surface area contributed by atoms with Gasteiger partial charge in [0, 0.05) is 55.5 Å². The second-order valence-electron chi connectivity index (χ2n) is 8.07. The van der Waals surface area contributed by atoms with Gasteiger partial charge in [0.15, 0.2) is 0 Å². The predicted molar refractivity (Wildman–Crippen MR) is 123 cm³/mol. The first-order chi connectivity index (χ1) is 15.6. The molecule has 0 spiro atoms. The number of piperazine rings is 1. The molecule has 2 heterocycles. The van der Waals surface area contributed by atoms with Gasteiger partial charge < -0.3 is 15.6 Å². The molecule has 0 aliphatic carbocycles. The molecule has 0 saturated carbocycles. The number of hydrogen-bond acceptors (Lipinski definition) is 4. The number of carbonyl (C=O) groups is 2. The van der Waals surface area contributed by atoms with E-state index in [1.54, 1.807) is 12.1 Å². The SMILES string of the molecule is O=C(CN1CCN(CC(=O)Nc2cccc(F)c2)CC1)NCCc1c[nH]c2ccccc12. The van der Waals surface area contributed by atoms with Crippen LogP contribution in [-0.4, -0.2) is 72.4 Å². The zero-order chi connectivity index (χ0) is 22.3. The van der Waals surface area contributed by atoms with Gasteiger partial charge >= 0.3 is 0 Å². The summed E-state index contributed by atoms with van der Waals surface area (Å²) >= 11 is 0. The number of halogens is 1. The average Bonchev–Trinajstić information content (AvgIpc) is 3.18. The predicted octanol–water partition coefficient (Wildman–Crippen LogP) is 2.22. The Morgan fingerprint density at radius 1 is 0.938 bits per heavy atom. The summed E-state index contributed by atoms with van der Waals surface area (Å²) in [6.45, 7) is 4.07. The van der Waals surface area contributed by atoms with E-state index in [0.717, 1.165) is 25.0 Å². The Balaban J connectivity index is 1.14. The van der Waals surface area contributed by atoms with Crippen molar-refractivity contribution in [2.75, 3.05) is 51.1 Å². The molecule has 1 fully saturated rings. The first-order valence-electron chi connectivity index (χ1n) is 10.9. The number of para-hydroxylation sites is 1. The molecule has 4 rings (SSSR count). The van der Waals surface area contributed by atoms with Crippen LogP contribution in [0.3, 0.4) is 0 Å². The van der Waals surface area contributed by atoms with E-state index < -0.39 is 0 Å². The molecule has 0 bridgehead atoms. The van der Waals surface area contributed by atoms with Crippen LogP contribution in [0.4, 0.5) is 10.1 Å². The summed E-state index contributed by atoms with van der Waals surface area (Å²) < 4.78 is 13.2. The highest BCUT2D eigenvalue weighted by Crippen LogP contribution is 2.17. The third kappa shape index (κ3) is 5.93. The number of rotatable bonds is 8. The van der Waals surface area contributed by atoms with Crippen molar-refractivity contribution in [1.29, 1.82) is 0 Å². The highest BCUT2D eigenvalue weighted by Gasteiger charge is 2.20. The third-order valence-corrected chi connectivity index (χ3v) is 5.70. The van der Waals surface area contributed by atoms with Gasteiger partial charge in [0.1, 0.15) is 5.82 Å². The molecule has 1 aliphatic heterocycles. The molecule has 0 radical (unpaired) electrons. The van der Waals surface area contributed by atoms with Crippen molar-refractivity contribution < 1.29 is 14.0 Å². The Hall–Kier alpha value is -3.23. The number of carbonyl (C=O) groups excluding carboxylic acids is 2. The van der Waals surface area contributed by atoms with Crippen LogP contribution in [0, 0.1) is 5.82 Å². The summed E-state index contributed by atoms with van der Waals surface area (Å²) in [5.41, 5.74) is 2.76. The van der Waals surface area contributed by atoms with Crippen LogP contribution in [0.5, 0.6) is 0 Å². The largest absolute Gasteiger partial charge is 0.361 e. The molecule has 0 unspecified atom stereocenters. The summed E-state index contributed by atoms with van der Waals surface area (Å²) in [6.07, 6.45) is 2.78. The van der Waals surface area contributed by atoms with Crippen LogP contribution in [0.25, 0.3) is 10.9 Å². The average molecular weight is 438 g/mol. The van der Waals surface area contributed by atoms with Crippen molar-refractivity contribution in [3.8, 4) is 0 Å². The first kappa shape index (κ1) is 22.0. The van der Waals surface area contributed by atoms with Gasteiger partial charge in [-0.05, 0) is 36.2 Å². The first-order valence-corrected chi connectivity index (χ1v) is 10.9. The fraction of sp³-hybridized carbons (Fsp3) is 0.333. The molecular weight excluding hydrogens is 409 g/mol. The van der Waals surface area contributed by atoms with Crippen LogP contribution in [0.1, 0.15) is 5.56 Å². The lowest BCUT2D eigenvalue weighted by Crippen LogP contribution is -2.51. The smallest absolute Gasteiger partial charge is 0.238 e. The normalized spacial score (nSPS) is 15.0. The molecule has 1 aromatic heterocycles. The number of H-pyrrole nitrogens is 1. The zero-order valence-corrected chi connectivity index (χ0v) is 17.9. The molecule has 0 atom stereocenters. The Morgan fingerprint density at radius 2 is 1.66 bits per heavy atom. The second kappa shape index (κ2) is 10.4. The van der Waals surface area contributed by atoms with Gasteiger partial charge in [-0.25, -0.2) is 4.39 Å². The highest BCUT2D eigenvalue weighted by atomic mass is 19.1. The lowest BCUT2D eigenvalue weighted by atomic mass is 10.1. The van der Waals surface area contributed by atoms with Crippen LogP contribution in [-0.2, 0) is 16.0 Å². The molecule has 7 nitrogen and oxygen atoms in total. The van der Waals surface area contributed by atoms with Crippen LogP contribution in [0.2, 0.25) is 0 Å². The standard InChI is InChI=1S/C24H28FN5O2/c25-19-4-3-5-20(14-19)28-24(32)17-30-12-10-29(11-13-30)16-23(31)26-9-8-18-15-27-22-7-2-1-6-21(18)22/h1-7,14-15,27H,8-13,16-17H2,(H,26,31)(H,28,32). The number of benzene rings is 2. The van der Waals surface area contributed by atoms with Crippen molar-refractivity contribution in [1.82, 2.24) is 20.1 Å². The summed E-state index contributed by atoms with van der Waals surface area (Å²) in [4.78, 5) is 31.9. The molecular formula is C24H28FN5O2. The second-order valence-corrected chi connectivity index (χ2v) is 8.07. The Labute approximate surface area is 186 Å². The quantitative estimate of drug-likeness (QED) is 0.505. The maximum Gasteiger partial charge on any atom is 0.238 e. The van der Waals surface area contributed by atoms with Crippen molar-refractivity contribution >= 4 is 28.4 Å². The van der Waals surface area contributed by atoms with Crippen molar-refractivity contribution in [2.24, 2.45) is 0 Å². The number of amides is 2. The van der Waals surface area contributed by atoms with E-state index in [1.165, 1.54) is 23.1 Å². The lowest BCUT2D eigenvalue weighted by Gasteiger charge is -2.33. The van der Waals surface area contributed by atoms with Gasteiger partial charge in [0.05, 0.1) is 13.1 Å². The molecule has 32 heavy (non-hydrogen) atoms. The summed E-state index contributed by atoms with van der Waals surface area (Å²) in [6, 6.07) is 14.0. The van der Waals surface area contributed by atoms with Crippen LogP contribution >= 0.6 is 0 Å².